The molecule has 0 saturated carbocycles. The van der Waals surface area contributed by atoms with Crippen molar-refractivity contribution >= 4 is 6.09 Å². The van der Waals surface area contributed by atoms with Crippen LogP contribution in [0.1, 0.15) is 37.8 Å². The van der Waals surface area contributed by atoms with E-state index < -0.39 is 23.3 Å². The van der Waals surface area contributed by atoms with Crippen LogP contribution in [-0.2, 0) is 4.74 Å². The van der Waals surface area contributed by atoms with Crippen molar-refractivity contribution in [2.24, 2.45) is 17.1 Å². The van der Waals surface area contributed by atoms with Gasteiger partial charge in [-0.2, -0.15) is 15.8 Å². The zero-order valence-corrected chi connectivity index (χ0v) is 22.1. The maximum Gasteiger partial charge on any atom is 0.409 e. The van der Waals surface area contributed by atoms with Gasteiger partial charge in [0.05, 0.1) is 36.6 Å². The van der Waals surface area contributed by atoms with E-state index in [2.05, 4.69) is 6.07 Å². The number of nitriles is 3. The van der Waals surface area contributed by atoms with E-state index >= 15 is 0 Å². The summed E-state index contributed by atoms with van der Waals surface area (Å²) < 4.78 is 4.83. The smallest absolute Gasteiger partial charge is 0.409 e. The number of aliphatic hydroxyl groups is 3. The van der Waals surface area contributed by atoms with Gasteiger partial charge in [-0.25, -0.2) is 4.79 Å². The van der Waals surface area contributed by atoms with Gasteiger partial charge >= 0.3 is 6.09 Å². The number of rotatable bonds is 1. The second-order valence-corrected chi connectivity index (χ2v) is 7.89. The summed E-state index contributed by atoms with van der Waals surface area (Å²) in [5, 5.41) is 52.3. The molecule has 200 valence electrons. The molecule has 2 aliphatic rings. The largest absolute Gasteiger partial charge is 0.453 e. The highest BCUT2D eigenvalue weighted by Crippen LogP contribution is 2.52. The standard InChI is InChI=1S/C21H19N5O2.3C2H6O/c1-13-4-3-5-14(8-13)18-15(9-22)19(25)21(11-23,12-24)17-6-7-26(10-16(17)18)20(27)28-2;3*1-2-3/h3-6,8,16,18H,7,10,25H2,1-2H3;3*3H,2H2,1H3. The number of aliphatic hydroxyl groups excluding tert-OH is 3. The third-order valence-electron chi connectivity index (χ3n) is 5.48. The van der Waals surface area contributed by atoms with Crippen LogP contribution in [-0.4, -0.2) is 66.3 Å². The van der Waals surface area contributed by atoms with Crippen LogP contribution >= 0.6 is 0 Å². The number of aryl methyl sites for hydroxylation is 1. The molecule has 2 atom stereocenters. The first-order valence-corrected chi connectivity index (χ1v) is 11.8. The van der Waals surface area contributed by atoms with Gasteiger partial charge < -0.3 is 30.7 Å². The summed E-state index contributed by atoms with van der Waals surface area (Å²) in [6.45, 7) is 8.17. The average Bonchev–Trinajstić information content (AvgIpc) is 2.89. The minimum absolute atomic E-state index is 0.0273. The van der Waals surface area contributed by atoms with Crippen molar-refractivity contribution in [2.75, 3.05) is 40.0 Å². The Morgan fingerprint density at radius 1 is 1.14 bits per heavy atom. The Bertz CT molecular complexity index is 1060. The SMILES string of the molecule is CCO.CCO.CCO.COC(=O)N1CC=C2C(C1)C(c1cccc(C)c1)C(C#N)=C(N)C2(C#N)C#N. The quantitative estimate of drug-likeness (QED) is 0.411. The number of benzene rings is 1. The van der Waals surface area contributed by atoms with E-state index in [0.29, 0.717) is 5.57 Å². The lowest BCUT2D eigenvalue weighted by Gasteiger charge is -2.44. The zero-order valence-electron chi connectivity index (χ0n) is 22.1. The number of hydrogen-bond donors (Lipinski definition) is 4. The number of ether oxygens (including phenoxy) is 1. The number of nitrogens with two attached hydrogens (primary N) is 1. The number of carbonyl (C=O) groups is 1. The second kappa shape index (κ2) is 16.7. The summed E-state index contributed by atoms with van der Waals surface area (Å²) >= 11 is 0. The van der Waals surface area contributed by atoms with Crippen LogP contribution < -0.4 is 5.73 Å². The van der Waals surface area contributed by atoms with Crippen molar-refractivity contribution < 1.29 is 24.9 Å². The molecule has 0 spiro atoms. The van der Waals surface area contributed by atoms with Gasteiger partial charge in [-0.15, -0.1) is 0 Å². The van der Waals surface area contributed by atoms with E-state index in [1.54, 1.807) is 26.8 Å². The molecule has 1 aliphatic heterocycles. The predicted octanol–water partition coefficient (Wildman–Crippen LogP) is 2.48. The molecule has 2 unspecified atom stereocenters. The van der Waals surface area contributed by atoms with Gasteiger partial charge in [0.1, 0.15) is 0 Å². The first-order valence-electron chi connectivity index (χ1n) is 11.8. The van der Waals surface area contributed by atoms with E-state index in [-0.39, 0.29) is 44.2 Å². The summed E-state index contributed by atoms with van der Waals surface area (Å²) in [7, 11) is 1.30. The summed E-state index contributed by atoms with van der Waals surface area (Å²) in [5.74, 6) is -0.894. The summed E-state index contributed by atoms with van der Waals surface area (Å²) in [6.07, 6.45) is 1.19. The van der Waals surface area contributed by atoms with E-state index in [0.717, 1.165) is 11.1 Å². The highest BCUT2D eigenvalue weighted by atomic mass is 16.5. The molecule has 3 rings (SSSR count). The zero-order chi connectivity index (χ0) is 28.6. The summed E-state index contributed by atoms with van der Waals surface area (Å²) in [6, 6.07) is 13.8. The molecule has 37 heavy (non-hydrogen) atoms. The first-order chi connectivity index (χ1) is 17.7. The lowest BCUT2D eigenvalue weighted by Crippen LogP contribution is -2.48. The van der Waals surface area contributed by atoms with Crippen molar-refractivity contribution in [1.82, 2.24) is 4.90 Å². The lowest BCUT2D eigenvalue weighted by molar-refractivity contribution is 0.117. The number of amides is 1. The fraction of sp³-hybridized carbons (Fsp3) is 0.481. The molecular formula is C27H37N5O5. The van der Waals surface area contributed by atoms with Crippen LogP contribution in [0.3, 0.4) is 0 Å². The van der Waals surface area contributed by atoms with Crippen molar-refractivity contribution in [3.05, 3.63) is 58.3 Å². The van der Waals surface area contributed by atoms with Crippen LogP contribution in [0.2, 0.25) is 0 Å². The Hall–Kier alpha value is -3.88. The van der Waals surface area contributed by atoms with Gasteiger partial charge in [-0.3, -0.25) is 0 Å². The molecule has 1 aromatic carbocycles. The second-order valence-electron chi connectivity index (χ2n) is 7.89. The summed E-state index contributed by atoms with van der Waals surface area (Å²) in [5.41, 5.74) is 7.12. The van der Waals surface area contributed by atoms with E-state index in [1.807, 2.05) is 43.3 Å². The monoisotopic (exact) mass is 511 g/mol. The molecule has 1 heterocycles. The molecule has 1 amide bonds. The third-order valence-corrected chi connectivity index (χ3v) is 5.48. The number of fused-ring (bicyclic) bond motifs is 1. The molecule has 0 fully saturated rings. The first kappa shape index (κ1) is 33.1. The van der Waals surface area contributed by atoms with Gasteiger partial charge in [-0.1, -0.05) is 35.9 Å². The Morgan fingerprint density at radius 2 is 1.68 bits per heavy atom. The van der Waals surface area contributed by atoms with E-state index in [1.165, 1.54) is 12.0 Å². The van der Waals surface area contributed by atoms with Crippen molar-refractivity contribution in [1.29, 1.82) is 15.8 Å². The fourth-order valence-corrected chi connectivity index (χ4v) is 4.16. The predicted molar refractivity (Wildman–Crippen MR) is 138 cm³/mol. The molecule has 0 radical (unpaired) electrons. The lowest BCUT2D eigenvalue weighted by atomic mass is 9.60. The molecule has 0 bridgehead atoms. The van der Waals surface area contributed by atoms with Crippen LogP contribution in [0.5, 0.6) is 0 Å². The van der Waals surface area contributed by atoms with Gasteiger partial charge in [0.25, 0.3) is 0 Å². The van der Waals surface area contributed by atoms with Crippen molar-refractivity contribution in [3.63, 3.8) is 0 Å². The normalized spacial score (nSPS) is 18.7. The maximum absolute atomic E-state index is 12.1. The number of hydrogen-bond acceptors (Lipinski definition) is 9. The molecule has 5 N–H and O–H groups in total. The van der Waals surface area contributed by atoms with E-state index in [9.17, 15) is 20.6 Å². The third kappa shape index (κ3) is 7.80. The topological polar surface area (TPSA) is 188 Å². The van der Waals surface area contributed by atoms with Gasteiger partial charge in [0.2, 0.25) is 5.41 Å². The minimum atomic E-state index is -1.71. The molecule has 0 aromatic heterocycles. The van der Waals surface area contributed by atoms with Crippen LogP contribution in [0.15, 0.2) is 47.2 Å². The Labute approximate surface area is 219 Å². The molecular weight excluding hydrogens is 474 g/mol. The molecule has 1 aliphatic carbocycles. The minimum Gasteiger partial charge on any atom is -0.453 e. The van der Waals surface area contributed by atoms with Crippen LogP contribution in [0.25, 0.3) is 0 Å². The van der Waals surface area contributed by atoms with Gasteiger partial charge in [0, 0.05) is 44.7 Å². The van der Waals surface area contributed by atoms with Gasteiger partial charge in [-0.05, 0) is 38.8 Å². The number of carbonyl (C=O) groups excluding carboxylic acids is 1. The number of nitrogens with zero attached hydrogens (tertiary/aromatic N) is 4. The van der Waals surface area contributed by atoms with Crippen LogP contribution in [0.4, 0.5) is 4.79 Å². The van der Waals surface area contributed by atoms with Crippen LogP contribution in [0, 0.1) is 52.2 Å². The van der Waals surface area contributed by atoms with Gasteiger partial charge in [0.15, 0.2) is 0 Å². The Balaban J connectivity index is 0.00000126. The van der Waals surface area contributed by atoms with Crippen molar-refractivity contribution in [2.45, 2.75) is 33.6 Å². The average molecular weight is 512 g/mol. The highest BCUT2D eigenvalue weighted by Gasteiger charge is 2.53. The maximum atomic E-state index is 12.1. The Kier molecular flexibility index (Phi) is 15.0. The summed E-state index contributed by atoms with van der Waals surface area (Å²) in [4.78, 5) is 13.6. The number of allylic oxidation sites excluding steroid dienone is 2. The fourth-order valence-electron chi connectivity index (χ4n) is 4.16. The Morgan fingerprint density at radius 3 is 2.11 bits per heavy atom. The molecule has 1 aromatic rings. The highest BCUT2D eigenvalue weighted by molar-refractivity contribution is 5.69. The molecule has 10 nitrogen and oxygen atoms in total. The van der Waals surface area contributed by atoms with Crippen molar-refractivity contribution in [3.8, 4) is 18.2 Å². The van der Waals surface area contributed by atoms with E-state index in [4.69, 9.17) is 25.8 Å². The molecule has 0 saturated heterocycles. The molecule has 10 heteroatoms. The number of methoxy groups -OCH3 is 1.